The van der Waals surface area contributed by atoms with Gasteiger partial charge in [0.25, 0.3) is 0 Å². The second-order valence-electron chi connectivity index (χ2n) is 9.76. The zero-order valence-corrected chi connectivity index (χ0v) is 20.4. The van der Waals surface area contributed by atoms with E-state index in [2.05, 4.69) is 37.9 Å². The van der Waals surface area contributed by atoms with Gasteiger partial charge in [-0.15, -0.1) is 0 Å². The van der Waals surface area contributed by atoms with E-state index in [1.807, 2.05) is 29.2 Å². The molecule has 180 valence electrons. The molecule has 1 saturated heterocycles. The summed E-state index contributed by atoms with van der Waals surface area (Å²) in [5.74, 6) is 1.49. The average molecular weight is 456 g/mol. The van der Waals surface area contributed by atoms with Crippen molar-refractivity contribution >= 4 is 6.03 Å². The normalized spacial score (nSPS) is 16.4. The van der Waals surface area contributed by atoms with Gasteiger partial charge in [0.05, 0.1) is 6.61 Å². The van der Waals surface area contributed by atoms with Crippen LogP contribution in [0.25, 0.3) is 0 Å². The van der Waals surface area contributed by atoms with E-state index in [9.17, 15) is 9.18 Å². The number of halogens is 1. The molecule has 0 aliphatic carbocycles. The standard InChI is InChI=1S/C27H38FN3O2/c1-20(2)19-33-26-11-7-22(8-12-26)15-29-27(32)31(16-23-5-9-25(28)10-6-23)18-24-13-14-30(17-24)21(3)4/h5-12,20-21,24H,13-19H2,1-4H3,(H,29,32). The lowest BCUT2D eigenvalue weighted by Gasteiger charge is -2.27. The summed E-state index contributed by atoms with van der Waals surface area (Å²) in [6.07, 6.45) is 1.09. The molecule has 33 heavy (non-hydrogen) atoms. The smallest absolute Gasteiger partial charge is 0.317 e. The van der Waals surface area contributed by atoms with Crippen LogP contribution in [0.15, 0.2) is 48.5 Å². The number of carbonyl (C=O) groups is 1. The van der Waals surface area contributed by atoms with Gasteiger partial charge >= 0.3 is 6.03 Å². The van der Waals surface area contributed by atoms with Crippen molar-refractivity contribution in [3.05, 3.63) is 65.5 Å². The number of benzene rings is 2. The van der Waals surface area contributed by atoms with Gasteiger partial charge in [-0.05, 0) is 74.0 Å². The summed E-state index contributed by atoms with van der Waals surface area (Å²) >= 11 is 0. The summed E-state index contributed by atoms with van der Waals surface area (Å²) in [6, 6.07) is 14.7. The number of urea groups is 1. The van der Waals surface area contributed by atoms with Gasteiger partial charge in [0.2, 0.25) is 0 Å². The van der Waals surface area contributed by atoms with Gasteiger partial charge in [0.1, 0.15) is 11.6 Å². The van der Waals surface area contributed by atoms with Crippen LogP contribution in [0.1, 0.15) is 45.2 Å². The van der Waals surface area contributed by atoms with E-state index in [-0.39, 0.29) is 11.8 Å². The summed E-state index contributed by atoms with van der Waals surface area (Å²) in [7, 11) is 0. The Kier molecular flexibility index (Phi) is 9.12. The summed E-state index contributed by atoms with van der Waals surface area (Å²) in [5.41, 5.74) is 1.95. The maximum Gasteiger partial charge on any atom is 0.317 e. The maximum absolute atomic E-state index is 13.3. The highest BCUT2D eigenvalue weighted by Crippen LogP contribution is 2.21. The predicted octanol–water partition coefficient (Wildman–Crippen LogP) is 5.30. The molecular weight excluding hydrogens is 417 g/mol. The highest BCUT2D eigenvalue weighted by Gasteiger charge is 2.27. The minimum absolute atomic E-state index is 0.0949. The fourth-order valence-corrected chi connectivity index (χ4v) is 4.08. The third-order valence-electron chi connectivity index (χ3n) is 6.05. The van der Waals surface area contributed by atoms with Gasteiger partial charge < -0.3 is 19.9 Å². The lowest BCUT2D eigenvalue weighted by molar-refractivity contribution is 0.181. The fraction of sp³-hybridized carbons (Fsp3) is 0.519. The Morgan fingerprint density at radius 3 is 2.36 bits per heavy atom. The topological polar surface area (TPSA) is 44.8 Å². The molecule has 1 unspecified atom stereocenters. The Labute approximate surface area is 197 Å². The molecule has 0 saturated carbocycles. The van der Waals surface area contributed by atoms with Crippen molar-refractivity contribution in [3.8, 4) is 5.75 Å². The third kappa shape index (κ3) is 8.04. The molecule has 0 spiro atoms. The summed E-state index contributed by atoms with van der Waals surface area (Å²) in [6.45, 7) is 13.0. The van der Waals surface area contributed by atoms with Crippen molar-refractivity contribution in [1.82, 2.24) is 15.1 Å². The van der Waals surface area contributed by atoms with E-state index < -0.39 is 0 Å². The third-order valence-corrected chi connectivity index (χ3v) is 6.05. The van der Waals surface area contributed by atoms with Crippen molar-refractivity contribution in [2.75, 3.05) is 26.2 Å². The van der Waals surface area contributed by atoms with E-state index in [1.54, 1.807) is 12.1 Å². The maximum atomic E-state index is 13.3. The zero-order valence-electron chi connectivity index (χ0n) is 20.4. The van der Waals surface area contributed by atoms with E-state index in [4.69, 9.17) is 4.74 Å². The summed E-state index contributed by atoms with van der Waals surface area (Å²) < 4.78 is 19.1. The van der Waals surface area contributed by atoms with Gasteiger partial charge in [-0.25, -0.2) is 9.18 Å². The van der Waals surface area contributed by atoms with Crippen LogP contribution in [0.2, 0.25) is 0 Å². The Bertz CT molecular complexity index is 868. The van der Waals surface area contributed by atoms with Crippen LogP contribution >= 0.6 is 0 Å². The van der Waals surface area contributed by atoms with Gasteiger partial charge in [0, 0.05) is 32.2 Å². The lowest BCUT2D eigenvalue weighted by Crippen LogP contribution is -2.42. The molecule has 5 nitrogen and oxygen atoms in total. The first-order chi connectivity index (χ1) is 15.8. The molecule has 1 atom stereocenters. The molecule has 0 bridgehead atoms. The van der Waals surface area contributed by atoms with Crippen LogP contribution in [0.3, 0.4) is 0 Å². The Balaban J connectivity index is 1.60. The van der Waals surface area contributed by atoms with E-state index in [0.717, 1.165) is 36.4 Å². The molecule has 1 heterocycles. The van der Waals surface area contributed by atoms with Crippen molar-refractivity contribution in [2.45, 2.75) is 53.2 Å². The first kappa shape index (κ1) is 25.0. The number of hydrogen-bond acceptors (Lipinski definition) is 3. The molecular formula is C27H38FN3O2. The highest BCUT2D eigenvalue weighted by molar-refractivity contribution is 5.74. The van der Waals surface area contributed by atoms with Crippen LogP contribution in [0.5, 0.6) is 5.75 Å². The number of nitrogens with zero attached hydrogens (tertiary/aromatic N) is 2. The number of rotatable bonds is 10. The molecule has 3 rings (SSSR count). The van der Waals surface area contributed by atoms with Crippen molar-refractivity contribution in [2.24, 2.45) is 11.8 Å². The highest BCUT2D eigenvalue weighted by atomic mass is 19.1. The van der Waals surface area contributed by atoms with Crippen LogP contribution in [0, 0.1) is 17.7 Å². The van der Waals surface area contributed by atoms with Gasteiger partial charge in [-0.1, -0.05) is 38.1 Å². The first-order valence-electron chi connectivity index (χ1n) is 12.0. The van der Waals surface area contributed by atoms with Crippen LogP contribution in [0.4, 0.5) is 9.18 Å². The van der Waals surface area contributed by atoms with Gasteiger partial charge in [-0.2, -0.15) is 0 Å². The molecule has 0 aromatic heterocycles. The van der Waals surface area contributed by atoms with Gasteiger partial charge in [0.15, 0.2) is 0 Å². The number of amides is 2. The second kappa shape index (κ2) is 12.0. The van der Waals surface area contributed by atoms with Crippen LogP contribution in [-0.4, -0.2) is 48.1 Å². The number of hydrogen-bond donors (Lipinski definition) is 1. The number of likely N-dealkylation sites (tertiary alicyclic amines) is 1. The molecule has 1 aliphatic heterocycles. The first-order valence-corrected chi connectivity index (χ1v) is 12.0. The largest absolute Gasteiger partial charge is 0.493 e. The van der Waals surface area contributed by atoms with E-state index >= 15 is 0 Å². The quantitative estimate of drug-likeness (QED) is 0.529. The number of ether oxygens (including phenoxy) is 1. The molecule has 0 radical (unpaired) electrons. The Morgan fingerprint density at radius 2 is 1.76 bits per heavy atom. The molecule has 2 amide bonds. The SMILES string of the molecule is CC(C)COc1ccc(CNC(=O)N(Cc2ccc(F)cc2)CC2CCN(C(C)C)C2)cc1. The lowest BCUT2D eigenvalue weighted by atomic mass is 10.1. The number of nitrogens with one attached hydrogen (secondary N) is 1. The van der Waals surface area contributed by atoms with Crippen molar-refractivity contribution in [1.29, 1.82) is 0 Å². The minimum atomic E-state index is -0.265. The number of carbonyl (C=O) groups excluding carboxylic acids is 1. The molecule has 1 N–H and O–H groups in total. The zero-order chi connectivity index (χ0) is 23.8. The Morgan fingerprint density at radius 1 is 1.09 bits per heavy atom. The van der Waals surface area contributed by atoms with Gasteiger partial charge in [-0.3, -0.25) is 0 Å². The van der Waals surface area contributed by atoms with Crippen molar-refractivity contribution < 1.29 is 13.9 Å². The second-order valence-corrected chi connectivity index (χ2v) is 9.76. The van der Waals surface area contributed by atoms with E-state index in [0.29, 0.717) is 44.1 Å². The average Bonchev–Trinajstić information content (AvgIpc) is 3.27. The monoisotopic (exact) mass is 455 g/mol. The van der Waals surface area contributed by atoms with E-state index in [1.165, 1.54) is 12.1 Å². The summed E-state index contributed by atoms with van der Waals surface area (Å²) in [5, 5.41) is 3.07. The molecule has 2 aromatic carbocycles. The molecule has 2 aromatic rings. The molecule has 1 aliphatic rings. The molecule has 1 fully saturated rings. The van der Waals surface area contributed by atoms with Crippen molar-refractivity contribution in [3.63, 3.8) is 0 Å². The van der Waals surface area contributed by atoms with Crippen LogP contribution < -0.4 is 10.1 Å². The summed E-state index contributed by atoms with van der Waals surface area (Å²) in [4.78, 5) is 17.5. The Hall–Kier alpha value is -2.60. The predicted molar refractivity (Wildman–Crippen MR) is 131 cm³/mol. The van der Waals surface area contributed by atoms with Crippen LogP contribution in [-0.2, 0) is 13.1 Å². The minimum Gasteiger partial charge on any atom is -0.493 e. The molecule has 6 heteroatoms. The fourth-order valence-electron chi connectivity index (χ4n) is 4.08.